The van der Waals surface area contributed by atoms with E-state index in [1.54, 1.807) is 0 Å². The van der Waals surface area contributed by atoms with Crippen LogP contribution >= 0.6 is 0 Å². The molecule has 172 valence electrons. The zero-order valence-electron chi connectivity index (χ0n) is 20.1. The van der Waals surface area contributed by atoms with E-state index < -0.39 is 6.10 Å². The zero-order valence-corrected chi connectivity index (χ0v) is 20.1. The first-order chi connectivity index (χ1) is 16.0. The Morgan fingerprint density at radius 3 is 1.73 bits per heavy atom. The number of nitrogens with zero attached hydrogens (tertiary/aromatic N) is 1. The smallest absolute Gasteiger partial charge is 0.120 e. The van der Waals surface area contributed by atoms with E-state index >= 15 is 0 Å². The van der Waals surface area contributed by atoms with Gasteiger partial charge in [-0.25, -0.2) is 0 Å². The van der Waals surface area contributed by atoms with Crippen molar-refractivity contribution in [2.45, 2.75) is 58.7 Å². The molecule has 3 aromatic rings. The normalized spacial score (nSPS) is 12.2. The molecular formula is C31H37NO. The lowest BCUT2D eigenvalue weighted by atomic mass is 9.80. The van der Waals surface area contributed by atoms with Crippen molar-refractivity contribution in [2.24, 2.45) is 5.41 Å². The van der Waals surface area contributed by atoms with Gasteiger partial charge in [0.2, 0.25) is 0 Å². The summed E-state index contributed by atoms with van der Waals surface area (Å²) in [5, 5.41) is 10.6. The molecule has 3 aromatic carbocycles. The topological polar surface area (TPSA) is 23.5 Å². The minimum absolute atomic E-state index is 0.267. The SMILES string of the molecule is CC(C)(Cc1ccccc1)[C@@H](O)C#CCCCCN(Cc1ccccc1)Cc1ccccc1. The van der Waals surface area contributed by atoms with E-state index in [0.29, 0.717) is 0 Å². The fourth-order valence-corrected chi connectivity index (χ4v) is 4.03. The van der Waals surface area contributed by atoms with Gasteiger partial charge in [-0.3, -0.25) is 4.90 Å². The first kappa shape index (κ1) is 24.8. The van der Waals surface area contributed by atoms with E-state index in [0.717, 1.165) is 45.3 Å². The highest BCUT2D eigenvalue weighted by atomic mass is 16.3. The van der Waals surface area contributed by atoms with Crippen LogP contribution in [0.1, 0.15) is 49.8 Å². The van der Waals surface area contributed by atoms with Gasteiger partial charge in [-0.15, -0.1) is 5.92 Å². The van der Waals surface area contributed by atoms with Crippen LogP contribution in [0.2, 0.25) is 0 Å². The highest BCUT2D eigenvalue weighted by Crippen LogP contribution is 2.26. The van der Waals surface area contributed by atoms with Gasteiger partial charge in [0.1, 0.15) is 6.10 Å². The summed E-state index contributed by atoms with van der Waals surface area (Å²) in [4.78, 5) is 2.51. The van der Waals surface area contributed by atoms with Crippen molar-refractivity contribution in [1.82, 2.24) is 4.90 Å². The van der Waals surface area contributed by atoms with Crippen LogP contribution in [0, 0.1) is 17.3 Å². The van der Waals surface area contributed by atoms with Gasteiger partial charge in [0.05, 0.1) is 0 Å². The van der Waals surface area contributed by atoms with E-state index in [1.165, 1.54) is 16.7 Å². The molecule has 33 heavy (non-hydrogen) atoms. The number of aliphatic hydroxyl groups excluding tert-OH is 1. The lowest BCUT2D eigenvalue weighted by Crippen LogP contribution is -2.30. The fourth-order valence-electron chi connectivity index (χ4n) is 4.03. The predicted octanol–water partition coefficient (Wildman–Crippen LogP) is 6.49. The average Bonchev–Trinajstić information content (AvgIpc) is 2.82. The molecule has 0 amide bonds. The summed E-state index contributed by atoms with van der Waals surface area (Å²) in [6.45, 7) is 7.11. The lowest BCUT2D eigenvalue weighted by Gasteiger charge is -2.27. The third kappa shape index (κ3) is 8.89. The fraction of sp³-hybridized carbons (Fsp3) is 0.355. The highest BCUT2D eigenvalue weighted by Gasteiger charge is 2.26. The number of aliphatic hydroxyl groups is 1. The van der Waals surface area contributed by atoms with E-state index in [2.05, 4.69) is 103 Å². The number of unbranched alkanes of at least 4 members (excludes halogenated alkanes) is 2. The second-order valence-electron chi connectivity index (χ2n) is 9.51. The second kappa shape index (κ2) is 13.0. The van der Waals surface area contributed by atoms with E-state index in [4.69, 9.17) is 0 Å². The number of benzene rings is 3. The van der Waals surface area contributed by atoms with Crippen LogP contribution in [0.25, 0.3) is 0 Å². The monoisotopic (exact) mass is 439 g/mol. The van der Waals surface area contributed by atoms with Gasteiger partial charge in [-0.1, -0.05) is 111 Å². The van der Waals surface area contributed by atoms with Crippen LogP contribution in [-0.4, -0.2) is 22.7 Å². The molecule has 0 radical (unpaired) electrons. The van der Waals surface area contributed by atoms with Crippen molar-refractivity contribution < 1.29 is 5.11 Å². The van der Waals surface area contributed by atoms with Crippen molar-refractivity contribution in [1.29, 1.82) is 0 Å². The summed E-state index contributed by atoms with van der Waals surface area (Å²) < 4.78 is 0. The molecule has 0 aliphatic heterocycles. The highest BCUT2D eigenvalue weighted by molar-refractivity contribution is 5.19. The molecule has 0 aromatic heterocycles. The van der Waals surface area contributed by atoms with Crippen molar-refractivity contribution in [2.75, 3.05) is 6.54 Å². The summed E-state index contributed by atoms with van der Waals surface area (Å²) in [5.41, 5.74) is 3.66. The van der Waals surface area contributed by atoms with Crippen molar-refractivity contribution in [3.63, 3.8) is 0 Å². The molecule has 1 N–H and O–H groups in total. The van der Waals surface area contributed by atoms with Crippen molar-refractivity contribution >= 4 is 0 Å². The van der Waals surface area contributed by atoms with Crippen molar-refractivity contribution in [3.05, 3.63) is 108 Å². The molecule has 0 aliphatic carbocycles. The Labute approximate surface area is 200 Å². The van der Waals surface area contributed by atoms with Crippen LogP contribution in [0.15, 0.2) is 91.0 Å². The minimum Gasteiger partial charge on any atom is -0.380 e. The van der Waals surface area contributed by atoms with Crippen LogP contribution in [0.5, 0.6) is 0 Å². The maximum absolute atomic E-state index is 10.6. The Bertz CT molecular complexity index is 945. The summed E-state index contributed by atoms with van der Waals surface area (Å²) in [6.07, 6.45) is 3.16. The molecule has 0 saturated carbocycles. The number of rotatable bonds is 11. The third-order valence-electron chi connectivity index (χ3n) is 6.01. The first-order valence-corrected chi connectivity index (χ1v) is 12.0. The molecular weight excluding hydrogens is 402 g/mol. The third-order valence-corrected chi connectivity index (χ3v) is 6.01. The Morgan fingerprint density at radius 2 is 1.21 bits per heavy atom. The average molecular weight is 440 g/mol. The van der Waals surface area contributed by atoms with Gasteiger partial charge < -0.3 is 5.11 Å². The van der Waals surface area contributed by atoms with Gasteiger partial charge in [-0.05, 0) is 42.5 Å². The summed E-state index contributed by atoms with van der Waals surface area (Å²) in [6, 6.07) is 31.7. The zero-order chi connectivity index (χ0) is 23.4. The molecule has 1 atom stereocenters. The van der Waals surface area contributed by atoms with Gasteiger partial charge in [-0.2, -0.15) is 0 Å². The second-order valence-corrected chi connectivity index (χ2v) is 9.51. The van der Waals surface area contributed by atoms with E-state index in [1.807, 2.05) is 18.2 Å². The molecule has 3 rings (SSSR count). The van der Waals surface area contributed by atoms with Gasteiger partial charge in [0.15, 0.2) is 0 Å². The first-order valence-electron chi connectivity index (χ1n) is 12.0. The van der Waals surface area contributed by atoms with Crippen LogP contribution in [-0.2, 0) is 19.5 Å². The molecule has 0 heterocycles. The molecule has 0 fully saturated rings. The van der Waals surface area contributed by atoms with Crippen LogP contribution in [0.4, 0.5) is 0 Å². The summed E-state index contributed by atoms with van der Waals surface area (Å²) >= 11 is 0. The maximum atomic E-state index is 10.6. The molecule has 0 spiro atoms. The van der Waals surface area contributed by atoms with Gasteiger partial charge in [0.25, 0.3) is 0 Å². The maximum Gasteiger partial charge on any atom is 0.120 e. The van der Waals surface area contributed by atoms with Gasteiger partial charge in [0, 0.05) is 24.9 Å². The van der Waals surface area contributed by atoms with E-state index in [-0.39, 0.29) is 5.41 Å². The molecule has 2 heteroatoms. The van der Waals surface area contributed by atoms with E-state index in [9.17, 15) is 5.11 Å². The Morgan fingerprint density at radius 1 is 0.727 bits per heavy atom. The van der Waals surface area contributed by atoms with Crippen LogP contribution < -0.4 is 0 Å². The molecule has 0 bridgehead atoms. The lowest BCUT2D eigenvalue weighted by molar-refractivity contribution is 0.0988. The number of hydrogen-bond acceptors (Lipinski definition) is 2. The largest absolute Gasteiger partial charge is 0.380 e. The molecule has 0 unspecified atom stereocenters. The van der Waals surface area contributed by atoms with Gasteiger partial charge >= 0.3 is 0 Å². The van der Waals surface area contributed by atoms with Crippen molar-refractivity contribution in [3.8, 4) is 11.8 Å². The molecule has 2 nitrogen and oxygen atoms in total. The minimum atomic E-state index is -0.620. The van der Waals surface area contributed by atoms with Crippen LogP contribution in [0.3, 0.4) is 0 Å². The quantitative estimate of drug-likeness (QED) is 0.273. The summed E-state index contributed by atoms with van der Waals surface area (Å²) in [7, 11) is 0. The molecule has 0 aliphatic rings. The molecule has 0 saturated heterocycles. The standard InChI is InChI=1S/C31H37NO/c1-31(2,24-27-16-8-5-9-17-27)30(33)22-14-3-4-15-23-32(25-28-18-10-6-11-19-28)26-29-20-12-7-13-21-29/h5-13,16-21,30,33H,3-4,15,23-26H2,1-2H3/t30-/m0/s1. The number of hydrogen-bond donors (Lipinski definition) is 1. The Hall–Kier alpha value is -2.86. The Balaban J connectivity index is 1.46. The predicted molar refractivity (Wildman–Crippen MR) is 139 cm³/mol. The summed E-state index contributed by atoms with van der Waals surface area (Å²) in [5.74, 6) is 6.33. The Kier molecular flexibility index (Phi) is 9.76.